The highest BCUT2D eigenvalue weighted by atomic mass is 16.1. The Morgan fingerprint density at radius 3 is 2.64 bits per heavy atom. The van der Waals surface area contributed by atoms with Gasteiger partial charge in [-0.25, -0.2) is 14.6 Å². The zero-order chi connectivity index (χ0) is 17.1. The van der Waals surface area contributed by atoms with Crippen LogP contribution in [0, 0.1) is 0 Å². The topological polar surface area (TPSA) is 88.5 Å². The average Bonchev–Trinajstić information content (AvgIpc) is 3.14. The number of anilines is 1. The number of aromatic nitrogens is 5. The maximum atomic E-state index is 12.1. The SMILES string of the molecule is O=c1[nH]c(NCc2ccc(Cn3cncn3)cc2)nc2ccccc12. The molecule has 0 aliphatic rings. The van der Waals surface area contributed by atoms with E-state index in [2.05, 4.69) is 37.5 Å². The van der Waals surface area contributed by atoms with Crippen LogP contribution in [0.2, 0.25) is 0 Å². The summed E-state index contributed by atoms with van der Waals surface area (Å²) in [5, 5.41) is 7.85. The van der Waals surface area contributed by atoms with E-state index in [4.69, 9.17) is 0 Å². The van der Waals surface area contributed by atoms with Gasteiger partial charge in [0.1, 0.15) is 12.7 Å². The molecule has 0 radical (unpaired) electrons. The van der Waals surface area contributed by atoms with Crippen molar-refractivity contribution >= 4 is 16.9 Å². The summed E-state index contributed by atoms with van der Waals surface area (Å²) in [4.78, 5) is 23.2. The minimum atomic E-state index is -0.142. The molecule has 2 aromatic heterocycles. The van der Waals surface area contributed by atoms with Gasteiger partial charge >= 0.3 is 0 Å². The number of hydrogen-bond donors (Lipinski definition) is 2. The monoisotopic (exact) mass is 332 g/mol. The summed E-state index contributed by atoms with van der Waals surface area (Å²) in [7, 11) is 0. The van der Waals surface area contributed by atoms with Crippen molar-refractivity contribution in [2.75, 3.05) is 5.32 Å². The van der Waals surface area contributed by atoms with Crippen LogP contribution in [-0.4, -0.2) is 24.7 Å². The lowest BCUT2D eigenvalue weighted by atomic mass is 10.1. The van der Waals surface area contributed by atoms with Crippen molar-refractivity contribution in [3.8, 4) is 0 Å². The van der Waals surface area contributed by atoms with Gasteiger partial charge in [0.15, 0.2) is 0 Å². The van der Waals surface area contributed by atoms with Crippen LogP contribution >= 0.6 is 0 Å². The second-order valence-electron chi connectivity index (χ2n) is 5.69. The number of nitrogens with one attached hydrogen (secondary N) is 2. The van der Waals surface area contributed by atoms with Crippen LogP contribution in [0.3, 0.4) is 0 Å². The maximum Gasteiger partial charge on any atom is 0.260 e. The third kappa shape index (κ3) is 3.40. The fourth-order valence-electron chi connectivity index (χ4n) is 2.62. The summed E-state index contributed by atoms with van der Waals surface area (Å²) in [5.41, 5.74) is 2.78. The number of hydrogen-bond acceptors (Lipinski definition) is 5. The van der Waals surface area contributed by atoms with Gasteiger partial charge < -0.3 is 5.32 Å². The van der Waals surface area contributed by atoms with E-state index in [0.717, 1.165) is 11.1 Å². The first-order valence-electron chi connectivity index (χ1n) is 7.91. The molecule has 124 valence electrons. The molecule has 0 aliphatic carbocycles. The minimum absolute atomic E-state index is 0.142. The molecule has 0 bridgehead atoms. The Kier molecular flexibility index (Phi) is 3.96. The van der Waals surface area contributed by atoms with Gasteiger partial charge in [-0.05, 0) is 23.3 Å². The van der Waals surface area contributed by atoms with E-state index in [1.807, 2.05) is 30.3 Å². The molecule has 0 atom stereocenters. The second-order valence-corrected chi connectivity index (χ2v) is 5.69. The van der Waals surface area contributed by atoms with E-state index in [1.54, 1.807) is 17.1 Å². The summed E-state index contributed by atoms with van der Waals surface area (Å²) >= 11 is 0. The molecule has 2 aromatic carbocycles. The van der Waals surface area contributed by atoms with Gasteiger partial charge in [-0.3, -0.25) is 9.78 Å². The van der Waals surface area contributed by atoms with E-state index in [-0.39, 0.29) is 5.56 Å². The van der Waals surface area contributed by atoms with Crippen LogP contribution in [0.1, 0.15) is 11.1 Å². The van der Waals surface area contributed by atoms with Gasteiger partial charge in [-0.2, -0.15) is 5.10 Å². The fourth-order valence-corrected chi connectivity index (χ4v) is 2.62. The fraction of sp³-hybridized carbons (Fsp3) is 0.111. The summed E-state index contributed by atoms with van der Waals surface area (Å²) in [6.07, 6.45) is 3.22. The van der Waals surface area contributed by atoms with Crippen LogP contribution in [0.25, 0.3) is 10.9 Å². The molecule has 0 aliphatic heterocycles. The molecule has 2 heterocycles. The highest BCUT2D eigenvalue weighted by Gasteiger charge is 2.03. The maximum absolute atomic E-state index is 12.1. The summed E-state index contributed by atoms with van der Waals surface area (Å²) in [6.45, 7) is 1.26. The van der Waals surface area contributed by atoms with Gasteiger partial charge in [-0.1, -0.05) is 36.4 Å². The van der Waals surface area contributed by atoms with Crippen LogP contribution in [0.5, 0.6) is 0 Å². The van der Waals surface area contributed by atoms with Crippen molar-refractivity contribution in [1.82, 2.24) is 24.7 Å². The quantitative estimate of drug-likeness (QED) is 0.585. The van der Waals surface area contributed by atoms with Crippen LogP contribution < -0.4 is 10.9 Å². The molecule has 2 N–H and O–H groups in total. The van der Waals surface area contributed by atoms with E-state index in [9.17, 15) is 4.79 Å². The van der Waals surface area contributed by atoms with E-state index >= 15 is 0 Å². The van der Waals surface area contributed by atoms with Crippen molar-refractivity contribution in [2.45, 2.75) is 13.1 Å². The lowest BCUT2D eigenvalue weighted by molar-refractivity contribution is 0.684. The van der Waals surface area contributed by atoms with E-state index in [0.29, 0.717) is 29.9 Å². The Morgan fingerprint density at radius 1 is 1.04 bits per heavy atom. The smallest absolute Gasteiger partial charge is 0.260 e. The molecule has 4 rings (SSSR count). The predicted molar refractivity (Wildman–Crippen MR) is 95.3 cm³/mol. The number of para-hydroxylation sites is 1. The van der Waals surface area contributed by atoms with Gasteiger partial charge in [0.2, 0.25) is 5.95 Å². The summed E-state index contributed by atoms with van der Waals surface area (Å²) in [6, 6.07) is 15.5. The number of H-pyrrole nitrogens is 1. The van der Waals surface area contributed by atoms with Gasteiger partial charge in [-0.15, -0.1) is 0 Å². The molecule has 7 nitrogen and oxygen atoms in total. The Labute approximate surface area is 143 Å². The molecule has 0 saturated carbocycles. The average molecular weight is 332 g/mol. The standard InChI is InChI=1S/C18H16N6O/c25-17-15-3-1-2-4-16(15)22-18(23-17)20-9-13-5-7-14(8-6-13)10-24-12-19-11-21-24/h1-8,11-12H,9-10H2,(H2,20,22,23,25). The van der Waals surface area contributed by atoms with E-state index in [1.165, 1.54) is 6.33 Å². The minimum Gasteiger partial charge on any atom is -0.352 e. The Balaban J connectivity index is 1.45. The zero-order valence-electron chi connectivity index (χ0n) is 13.4. The van der Waals surface area contributed by atoms with Gasteiger partial charge in [0.05, 0.1) is 17.4 Å². The lowest BCUT2D eigenvalue weighted by Gasteiger charge is -2.07. The molecular weight excluding hydrogens is 316 g/mol. The Hall–Kier alpha value is -3.48. The molecule has 25 heavy (non-hydrogen) atoms. The Morgan fingerprint density at radius 2 is 1.84 bits per heavy atom. The first-order chi connectivity index (χ1) is 12.3. The van der Waals surface area contributed by atoms with Crippen LogP contribution in [0.4, 0.5) is 5.95 Å². The summed E-state index contributed by atoms with van der Waals surface area (Å²) < 4.78 is 1.77. The molecule has 0 unspecified atom stereocenters. The molecule has 0 saturated heterocycles. The first-order valence-corrected chi connectivity index (χ1v) is 7.91. The van der Waals surface area contributed by atoms with Crippen molar-refractivity contribution < 1.29 is 0 Å². The first kappa shape index (κ1) is 15.1. The molecule has 4 aromatic rings. The van der Waals surface area contributed by atoms with Crippen molar-refractivity contribution in [3.05, 3.63) is 82.7 Å². The van der Waals surface area contributed by atoms with Crippen LogP contribution in [0.15, 0.2) is 66.0 Å². The highest BCUT2D eigenvalue weighted by molar-refractivity contribution is 5.78. The third-order valence-electron chi connectivity index (χ3n) is 3.91. The molecular formula is C18H16N6O. The predicted octanol–water partition coefficient (Wildman–Crippen LogP) is 2.17. The number of benzene rings is 2. The number of nitrogens with zero attached hydrogens (tertiary/aromatic N) is 4. The molecule has 7 heteroatoms. The molecule has 0 spiro atoms. The van der Waals surface area contributed by atoms with Crippen molar-refractivity contribution in [1.29, 1.82) is 0 Å². The lowest BCUT2D eigenvalue weighted by Crippen LogP contribution is -2.13. The van der Waals surface area contributed by atoms with Crippen molar-refractivity contribution in [3.63, 3.8) is 0 Å². The summed E-state index contributed by atoms with van der Waals surface area (Å²) in [5.74, 6) is 0.468. The number of rotatable bonds is 5. The number of aromatic amines is 1. The second kappa shape index (κ2) is 6.56. The van der Waals surface area contributed by atoms with Crippen LogP contribution in [-0.2, 0) is 13.1 Å². The highest BCUT2D eigenvalue weighted by Crippen LogP contribution is 2.10. The largest absolute Gasteiger partial charge is 0.352 e. The third-order valence-corrected chi connectivity index (χ3v) is 3.91. The van der Waals surface area contributed by atoms with Crippen molar-refractivity contribution in [2.24, 2.45) is 0 Å². The Bertz CT molecular complexity index is 1040. The van der Waals surface area contributed by atoms with E-state index < -0.39 is 0 Å². The van der Waals surface area contributed by atoms with Gasteiger partial charge in [0, 0.05) is 6.54 Å². The molecule has 0 fully saturated rings. The zero-order valence-corrected chi connectivity index (χ0v) is 13.4. The molecule has 0 amide bonds. The number of fused-ring (bicyclic) bond motifs is 1. The normalized spacial score (nSPS) is 10.9. The van der Waals surface area contributed by atoms with Gasteiger partial charge in [0.25, 0.3) is 5.56 Å².